The number of morpholine rings is 1. The minimum absolute atomic E-state index is 0.0859. The Hall–Kier alpha value is -3.46. The molecule has 4 rings (SSSR count). The van der Waals surface area contributed by atoms with Crippen LogP contribution in [0.25, 0.3) is 11.4 Å². The van der Waals surface area contributed by atoms with Gasteiger partial charge in [0.25, 0.3) is 5.89 Å². The fourth-order valence-corrected chi connectivity index (χ4v) is 3.24. The van der Waals surface area contributed by atoms with Gasteiger partial charge in [0, 0.05) is 18.2 Å². The van der Waals surface area contributed by atoms with Gasteiger partial charge in [0.1, 0.15) is 17.3 Å². The van der Waals surface area contributed by atoms with Crippen molar-refractivity contribution in [3.8, 4) is 22.9 Å². The van der Waals surface area contributed by atoms with Crippen LogP contribution in [-0.2, 0) is 9.53 Å². The molecule has 1 saturated heterocycles. The summed E-state index contributed by atoms with van der Waals surface area (Å²) in [6, 6.07) is 13.2. The third-order valence-electron chi connectivity index (χ3n) is 4.85. The first-order chi connectivity index (χ1) is 15.1. The minimum Gasteiger partial charge on any atom is -0.497 e. The zero-order chi connectivity index (χ0) is 21.6. The molecule has 1 fully saturated rings. The van der Waals surface area contributed by atoms with Crippen LogP contribution in [-0.4, -0.2) is 54.4 Å². The van der Waals surface area contributed by atoms with Gasteiger partial charge in [-0.2, -0.15) is 4.98 Å². The van der Waals surface area contributed by atoms with E-state index in [1.54, 1.807) is 24.1 Å². The zero-order valence-corrected chi connectivity index (χ0v) is 17.0. The molecule has 0 spiro atoms. The Bertz CT molecular complexity index is 1040. The molecular weight excluding hydrogens is 405 g/mol. The summed E-state index contributed by atoms with van der Waals surface area (Å²) < 4.78 is 35.0. The molecule has 0 N–H and O–H groups in total. The van der Waals surface area contributed by atoms with Crippen molar-refractivity contribution in [1.29, 1.82) is 0 Å². The van der Waals surface area contributed by atoms with E-state index in [9.17, 15) is 9.18 Å². The summed E-state index contributed by atoms with van der Waals surface area (Å²) in [4.78, 5) is 18.7. The van der Waals surface area contributed by atoms with Crippen LogP contribution in [0.3, 0.4) is 0 Å². The number of rotatable bonds is 7. The molecule has 2 aromatic carbocycles. The molecule has 0 aliphatic carbocycles. The first-order valence-electron chi connectivity index (χ1n) is 9.88. The average molecular weight is 427 g/mol. The summed E-state index contributed by atoms with van der Waals surface area (Å²) in [5.41, 5.74) is 0.757. The lowest BCUT2D eigenvalue weighted by molar-refractivity contribution is -0.140. The predicted molar refractivity (Wildman–Crippen MR) is 108 cm³/mol. The number of halogens is 1. The second kappa shape index (κ2) is 9.57. The van der Waals surface area contributed by atoms with E-state index in [0.717, 1.165) is 5.56 Å². The van der Waals surface area contributed by atoms with E-state index in [1.807, 2.05) is 24.3 Å². The number of carbonyl (C=O) groups is 1. The standard InChI is InChI=1S/C22H22FN3O5/c1-28-17-6-2-4-15(12-17)21-24-22(31-25-21)19-14-26(9-11-30-19)20(27)8-10-29-18-7-3-5-16(23)13-18/h2-7,12-13,19H,8-11,14H2,1H3. The van der Waals surface area contributed by atoms with Crippen molar-refractivity contribution < 1.29 is 27.9 Å². The van der Waals surface area contributed by atoms with E-state index < -0.39 is 6.10 Å². The van der Waals surface area contributed by atoms with Crippen molar-refractivity contribution in [2.45, 2.75) is 12.5 Å². The molecule has 0 radical (unpaired) electrons. The molecule has 9 heteroatoms. The molecule has 1 aromatic heterocycles. The first kappa shape index (κ1) is 20.8. The fourth-order valence-electron chi connectivity index (χ4n) is 3.24. The highest BCUT2D eigenvalue weighted by Crippen LogP contribution is 2.26. The van der Waals surface area contributed by atoms with Crippen LogP contribution in [0.2, 0.25) is 0 Å². The van der Waals surface area contributed by atoms with Crippen LogP contribution in [0.1, 0.15) is 18.4 Å². The van der Waals surface area contributed by atoms with Crippen LogP contribution in [0.15, 0.2) is 53.1 Å². The number of hydrogen-bond acceptors (Lipinski definition) is 7. The van der Waals surface area contributed by atoms with E-state index >= 15 is 0 Å². The number of carbonyl (C=O) groups excluding carboxylic acids is 1. The highest BCUT2D eigenvalue weighted by atomic mass is 19.1. The molecule has 0 bridgehead atoms. The molecule has 8 nitrogen and oxygen atoms in total. The highest BCUT2D eigenvalue weighted by Gasteiger charge is 2.29. The molecule has 162 valence electrons. The van der Waals surface area contributed by atoms with Crippen LogP contribution in [0.4, 0.5) is 4.39 Å². The van der Waals surface area contributed by atoms with Crippen molar-refractivity contribution in [2.24, 2.45) is 0 Å². The summed E-state index contributed by atoms with van der Waals surface area (Å²) in [5.74, 6) is 1.35. The van der Waals surface area contributed by atoms with Crippen LogP contribution in [0, 0.1) is 5.82 Å². The monoisotopic (exact) mass is 427 g/mol. The van der Waals surface area contributed by atoms with Crippen molar-refractivity contribution in [3.05, 3.63) is 60.2 Å². The SMILES string of the molecule is COc1cccc(-c2noc(C3CN(C(=O)CCOc4cccc(F)c4)CCO3)n2)c1. The predicted octanol–water partition coefficient (Wildman–Crippen LogP) is 3.25. The normalized spacial score (nSPS) is 16.2. The second-order valence-electron chi connectivity index (χ2n) is 6.94. The Morgan fingerprint density at radius 3 is 2.90 bits per heavy atom. The zero-order valence-electron chi connectivity index (χ0n) is 17.0. The summed E-state index contributed by atoms with van der Waals surface area (Å²) in [5, 5.41) is 4.02. The van der Waals surface area contributed by atoms with Crippen LogP contribution >= 0.6 is 0 Å². The number of methoxy groups -OCH3 is 1. The number of benzene rings is 2. The Labute approximate surface area is 178 Å². The smallest absolute Gasteiger partial charge is 0.257 e. The fraction of sp³-hybridized carbons (Fsp3) is 0.318. The van der Waals surface area contributed by atoms with Gasteiger partial charge in [0.2, 0.25) is 11.7 Å². The van der Waals surface area contributed by atoms with Crippen molar-refractivity contribution in [2.75, 3.05) is 33.4 Å². The van der Waals surface area contributed by atoms with E-state index in [4.69, 9.17) is 18.7 Å². The van der Waals surface area contributed by atoms with Gasteiger partial charge in [-0.15, -0.1) is 0 Å². The Morgan fingerprint density at radius 2 is 2.06 bits per heavy atom. The number of nitrogens with zero attached hydrogens (tertiary/aromatic N) is 3. The lowest BCUT2D eigenvalue weighted by atomic mass is 10.2. The van der Waals surface area contributed by atoms with Gasteiger partial charge in [0.05, 0.1) is 33.3 Å². The number of ether oxygens (including phenoxy) is 3. The van der Waals surface area contributed by atoms with Crippen molar-refractivity contribution in [1.82, 2.24) is 15.0 Å². The summed E-state index contributed by atoms with van der Waals surface area (Å²) in [7, 11) is 1.59. The maximum Gasteiger partial charge on any atom is 0.257 e. The van der Waals surface area contributed by atoms with Gasteiger partial charge in [-0.05, 0) is 24.3 Å². The minimum atomic E-state index is -0.506. The maximum absolute atomic E-state index is 13.2. The average Bonchev–Trinajstić information content (AvgIpc) is 3.30. The second-order valence-corrected chi connectivity index (χ2v) is 6.94. The lowest BCUT2D eigenvalue weighted by Gasteiger charge is -2.31. The molecule has 0 saturated carbocycles. The van der Waals surface area contributed by atoms with E-state index in [-0.39, 0.29) is 24.8 Å². The summed E-state index contributed by atoms with van der Waals surface area (Å²) in [6.45, 7) is 1.29. The van der Waals surface area contributed by atoms with Crippen LogP contribution in [0.5, 0.6) is 11.5 Å². The van der Waals surface area contributed by atoms with Gasteiger partial charge in [-0.1, -0.05) is 23.4 Å². The number of aromatic nitrogens is 2. The van der Waals surface area contributed by atoms with E-state index in [0.29, 0.717) is 42.9 Å². The summed E-state index contributed by atoms with van der Waals surface area (Å²) >= 11 is 0. The molecule has 1 atom stereocenters. The van der Waals surface area contributed by atoms with Gasteiger partial charge in [0.15, 0.2) is 6.10 Å². The van der Waals surface area contributed by atoms with Gasteiger partial charge >= 0.3 is 0 Å². The number of amides is 1. The molecule has 1 aliphatic rings. The first-order valence-corrected chi connectivity index (χ1v) is 9.88. The summed E-state index contributed by atoms with van der Waals surface area (Å²) in [6.07, 6.45) is -0.337. The van der Waals surface area contributed by atoms with Gasteiger partial charge in [-0.25, -0.2) is 4.39 Å². The molecule has 1 amide bonds. The quantitative estimate of drug-likeness (QED) is 0.572. The van der Waals surface area contributed by atoms with E-state index in [2.05, 4.69) is 10.1 Å². The Kier molecular flexibility index (Phi) is 6.42. The molecule has 3 aromatic rings. The topological polar surface area (TPSA) is 86.9 Å². The third-order valence-corrected chi connectivity index (χ3v) is 4.85. The lowest BCUT2D eigenvalue weighted by Crippen LogP contribution is -2.42. The van der Waals surface area contributed by atoms with Crippen molar-refractivity contribution >= 4 is 5.91 Å². The Morgan fingerprint density at radius 1 is 1.23 bits per heavy atom. The van der Waals surface area contributed by atoms with Crippen molar-refractivity contribution in [3.63, 3.8) is 0 Å². The molecule has 1 aliphatic heterocycles. The molecular formula is C22H22FN3O5. The molecule has 1 unspecified atom stereocenters. The highest BCUT2D eigenvalue weighted by molar-refractivity contribution is 5.76. The number of hydrogen-bond donors (Lipinski definition) is 0. The molecule has 2 heterocycles. The van der Waals surface area contributed by atoms with Gasteiger partial charge in [-0.3, -0.25) is 4.79 Å². The van der Waals surface area contributed by atoms with E-state index in [1.165, 1.54) is 12.1 Å². The van der Waals surface area contributed by atoms with Crippen LogP contribution < -0.4 is 9.47 Å². The largest absolute Gasteiger partial charge is 0.497 e. The maximum atomic E-state index is 13.2. The Balaban J connectivity index is 1.34. The molecule has 31 heavy (non-hydrogen) atoms. The van der Waals surface area contributed by atoms with Gasteiger partial charge < -0.3 is 23.6 Å². The third kappa shape index (κ3) is 5.18.